The van der Waals surface area contributed by atoms with Gasteiger partial charge in [0.1, 0.15) is 5.75 Å². The van der Waals surface area contributed by atoms with Crippen LogP contribution in [0.1, 0.15) is 44.2 Å². The quantitative estimate of drug-likeness (QED) is 0.718. The molecule has 2 rings (SSSR count). The molecule has 0 saturated carbocycles. The van der Waals surface area contributed by atoms with E-state index in [0.29, 0.717) is 0 Å². The molecule has 0 bridgehead atoms. The van der Waals surface area contributed by atoms with E-state index in [9.17, 15) is 0 Å². The number of hydrogen-bond donors (Lipinski definition) is 0. The van der Waals surface area contributed by atoms with Crippen LogP contribution >= 0.6 is 0 Å². The van der Waals surface area contributed by atoms with E-state index >= 15 is 0 Å². The highest BCUT2D eigenvalue weighted by Crippen LogP contribution is 2.21. The van der Waals surface area contributed by atoms with Gasteiger partial charge in [-0.3, -0.25) is 0 Å². The first-order valence-corrected chi connectivity index (χ1v) is 8.47. The first kappa shape index (κ1) is 16.4. The number of ether oxygens (including phenoxy) is 1. The second-order valence-electron chi connectivity index (χ2n) is 7.03. The average Bonchev–Trinajstić information content (AvgIpc) is 2.39. The van der Waals surface area contributed by atoms with E-state index in [4.69, 9.17) is 4.74 Å². The van der Waals surface area contributed by atoms with Gasteiger partial charge in [0, 0.05) is 13.1 Å². The molecule has 0 aliphatic carbocycles. The third-order valence-electron chi connectivity index (χ3n) is 4.40. The minimum absolute atomic E-state index is 0.836. The van der Waals surface area contributed by atoms with Crippen molar-refractivity contribution >= 4 is 0 Å². The molecule has 2 atom stereocenters. The van der Waals surface area contributed by atoms with Crippen molar-refractivity contribution in [3.63, 3.8) is 0 Å². The maximum absolute atomic E-state index is 5.90. The molecule has 0 aromatic heterocycles. The maximum atomic E-state index is 5.90. The predicted molar refractivity (Wildman–Crippen MR) is 90.0 cm³/mol. The molecular weight excluding hydrogens is 258 g/mol. The Morgan fingerprint density at radius 2 is 1.81 bits per heavy atom. The van der Waals surface area contributed by atoms with Crippen molar-refractivity contribution in [2.45, 2.75) is 47.0 Å². The largest absolute Gasteiger partial charge is 0.493 e. The fourth-order valence-corrected chi connectivity index (χ4v) is 3.56. The number of hydrogen-bond acceptors (Lipinski definition) is 2. The van der Waals surface area contributed by atoms with Gasteiger partial charge in [-0.25, -0.2) is 0 Å². The summed E-state index contributed by atoms with van der Waals surface area (Å²) in [6.45, 7) is 13.6. The molecule has 1 aliphatic rings. The molecule has 2 heteroatoms. The summed E-state index contributed by atoms with van der Waals surface area (Å²) in [5.41, 5.74) is 2.54. The van der Waals surface area contributed by atoms with Crippen molar-refractivity contribution < 1.29 is 4.74 Å². The fourth-order valence-electron chi connectivity index (χ4n) is 3.56. The molecule has 0 unspecified atom stereocenters. The average molecular weight is 289 g/mol. The number of nitrogens with zero attached hydrogens (tertiary/aromatic N) is 1. The van der Waals surface area contributed by atoms with Crippen LogP contribution in [0.3, 0.4) is 0 Å². The van der Waals surface area contributed by atoms with Crippen LogP contribution < -0.4 is 4.74 Å². The summed E-state index contributed by atoms with van der Waals surface area (Å²) in [7, 11) is 0. The molecule has 0 spiro atoms. The second-order valence-corrected chi connectivity index (χ2v) is 7.03. The topological polar surface area (TPSA) is 12.5 Å². The molecule has 1 aromatic carbocycles. The van der Waals surface area contributed by atoms with Gasteiger partial charge < -0.3 is 9.64 Å². The minimum atomic E-state index is 0.836. The maximum Gasteiger partial charge on any atom is 0.122 e. The number of likely N-dealkylation sites (tertiary alicyclic amines) is 1. The minimum Gasteiger partial charge on any atom is -0.493 e. The Labute approximate surface area is 130 Å². The molecule has 1 heterocycles. The van der Waals surface area contributed by atoms with Gasteiger partial charge in [-0.1, -0.05) is 31.5 Å². The van der Waals surface area contributed by atoms with E-state index in [-0.39, 0.29) is 0 Å². The van der Waals surface area contributed by atoms with Crippen molar-refractivity contribution in [2.75, 3.05) is 26.2 Å². The fraction of sp³-hybridized carbons (Fsp3) is 0.684. The third-order valence-corrected chi connectivity index (χ3v) is 4.40. The van der Waals surface area contributed by atoms with E-state index in [1.807, 2.05) is 0 Å². The number of aryl methyl sites for hydroxylation is 2. The van der Waals surface area contributed by atoms with Crippen LogP contribution in [0.5, 0.6) is 5.75 Å². The lowest BCUT2D eigenvalue weighted by Crippen LogP contribution is -2.39. The number of unbranched alkanes of at least 4 members (excludes halogenated alkanes) is 1. The zero-order valence-electron chi connectivity index (χ0n) is 14.2. The zero-order valence-corrected chi connectivity index (χ0v) is 14.2. The van der Waals surface area contributed by atoms with Crippen LogP contribution in [0.15, 0.2) is 18.2 Å². The van der Waals surface area contributed by atoms with Gasteiger partial charge in [0.2, 0.25) is 0 Å². The Morgan fingerprint density at radius 3 is 2.48 bits per heavy atom. The summed E-state index contributed by atoms with van der Waals surface area (Å²) in [6.07, 6.45) is 3.78. The summed E-state index contributed by atoms with van der Waals surface area (Å²) in [4.78, 5) is 2.63. The second kappa shape index (κ2) is 7.84. The molecule has 21 heavy (non-hydrogen) atoms. The summed E-state index contributed by atoms with van der Waals surface area (Å²) >= 11 is 0. The van der Waals surface area contributed by atoms with Gasteiger partial charge in [-0.05, 0) is 63.1 Å². The van der Waals surface area contributed by atoms with Crippen molar-refractivity contribution in [1.29, 1.82) is 0 Å². The summed E-state index contributed by atoms with van der Waals surface area (Å²) in [5.74, 6) is 2.77. The standard InChI is InChI=1S/C19H31NO/c1-15-7-8-19(18(4)12-15)21-10-6-5-9-20-13-16(2)11-17(3)14-20/h7-8,12,16-17H,5-6,9-11,13-14H2,1-4H3/t16-,17-/m0/s1. The third kappa shape index (κ3) is 5.35. The van der Waals surface area contributed by atoms with E-state index in [2.05, 4.69) is 50.8 Å². The van der Waals surface area contributed by atoms with Gasteiger partial charge >= 0.3 is 0 Å². The highest BCUT2D eigenvalue weighted by molar-refractivity contribution is 5.35. The van der Waals surface area contributed by atoms with Crippen LogP contribution in [-0.2, 0) is 0 Å². The zero-order chi connectivity index (χ0) is 15.2. The van der Waals surface area contributed by atoms with E-state index in [0.717, 1.165) is 30.6 Å². The molecule has 0 N–H and O–H groups in total. The molecule has 0 radical (unpaired) electrons. The molecule has 118 valence electrons. The number of piperidine rings is 1. The van der Waals surface area contributed by atoms with E-state index in [1.165, 1.54) is 43.6 Å². The Kier molecular flexibility index (Phi) is 6.10. The van der Waals surface area contributed by atoms with Crippen molar-refractivity contribution in [2.24, 2.45) is 11.8 Å². The lowest BCUT2D eigenvalue weighted by atomic mass is 9.92. The molecule has 1 aromatic rings. The van der Waals surface area contributed by atoms with Crippen LogP contribution in [0, 0.1) is 25.7 Å². The number of benzene rings is 1. The summed E-state index contributed by atoms with van der Waals surface area (Å²) in [5, 5.41) is 0. The van der Waals surface area contributed by atoms with Gasteiger partial charge in [0.15, 0.2) is 0 Å². The molecule has 2 nitrogen and oxygen atoms in total. The molecule has 1 fully saturated rings. The highest BCUT2D eigenvalue weighted by atomic mass is 16.5. The first-order valence-electron chi connectivity index (χ1n) is 8.47. The number of rotatable bonds is 6. The summed E-state index contributed by atoms with van der Waals surface area (Å²) in [6, 6.07) is 6.41. The molecular formula is C19H31NO. The lowest BCUT2D eigenvalue weighted by molar-refractivity contribution is 0.136. The van der Waals surface area contributed by atoms with Crippen molar-refractivity contribution in [1.82, 2.24) is 4.90 Å². The lowest BCUT2D eigenvalue weighted by Gasteiger charge is -2.34. The highest BCUT2D eigenvalue weighted by Gasteiger charge is 2.20. The van der Waals surface area contributed by atoms with Gasteiger partial charge in [-0.15, -0.1) is 0 Å². The van der Waals surface area contributed by atoms with Gasteiger partial charge in [-0.2, -0.15) is 0 Å². The Balaban J connectivity index is 1.63. The SMILES string of the molecule is Cc1ccc(OCCCCN2C[C@@H](C)C[C@H](C)C2)c(C)c1. The van der Waals surface area contributed by atoms with Crippen LogP contribution in [0.25, 0.3) is 0 Å². The van der Waals surface area contributed by atoms with E-state index < -0.39 is 0 Å². The van der Waals surface area contributed by atoms with Crippen molar-refractivity contribution in [3.8, 4) is 5.75 Å². The summed E-state index contributed by atoms with van der Waals surface area (Å²) < 4.78 is 5.90. The Hall–Kier alpha value is -1.02. The van der Waals surface area contributed by atoms with Gasteiger partial charge in [0.05, 0.1) is 6.61 Å². The van der Waals surface area contributed by atoms with E-state index in [1.54, 1.807) is 0 Å². The first-order chi connectivity index (χ1) is 10.0. The van der Waals surface area contributed by atoms with Crippen LogP contribution in [0.2, 0.25) is 0 Å². The van der Waals surface area contributed by atoms with Crippen molar-refractivity contribution in [3.05, 3.63) is 29.3 Å². The normalized spacial score (nSPS) is 23.2. The Morgan fingerprint density at radius 1 is 1.10 bits per heavy atom. The smallest absolute Gasteiger partial charge is 0.122 e. The molecule has 1 aliphatic heterocycles. The Bertz CT molecular complexity index is 433. The molecule has 1 saturated heterocycles. The monoisotopic (exact) mass is 289 g/mol. The van der Waals surface area contributed by atoms with Crippen LogP contribution in [0.4, 0.5) is 0 Å². The predicted octanol–water partition coefficient (Wildman–Crippen LogP) is 4.44. The molecule has 0 amide bonds. The van der Waals surface area contributed by atoms with Gasteiger partial charge in [0.25, 0.3) is 0 Å². The van der Waals surface area contributed by atoms with Crippen LogP contribution in [-0.4, -0.2) is 31.1 Å².